The molecule has 0 fully saturated rings. The van der Waals surface area contributed by atoms with Crippen LogP contribution in [0.2, 0.25) is 0 Å². The molecule has 0 aliphatic carbocycles. The Labute approximate surface area is 181 Å². The van der Waals surface area contributed by atoms with Gasteiger partial charge in [0.25, 0.3) is 0 Å². The number of aliphatic imine (C=N–C) groups is 1. The normalized spacial score (nSPS) is 10.7. The number of benzene rings is 2. The average Bonchev–Trinajstić information content (AvgIpc) is 2.72. The van der Waals surface area contributed by atoms with Crippen LogP contribution in [0.4, 0.5) is 5.69 Å². The molecule has 2 aromatic carbocycles. The van der Waals surface area contributed by atoms with Gasteiger partial charge < -0.3 is 20.5 Å². The number of rotatable bonds is 7. The highest BCUT2D eigenvalue weighted by atomic mass is 127. The largest absolute Gasteiger partial charge is 0.497 e. The fourth-order valence-corrected chi connectivity index (χ4v) is 2.41. The highest BCUT2D eigenvalue weighted by Crippen LogP contribution is 2.16. The number of guanidine groups is 1. The third-order valence-electron chi connectivity index (χ3n) is 3.81. The maximum atomic E-state index is 5.96. The van der Waals surface area contributed by atoms with Crippen molar-refractivity contribution in [3.63, 3.8) is 0 Å². The van der Waals surface area contributed by atoms with Crippen LogP contribution in [-0.4, -0.2) is 18.1 Å². The van der Waals surface area contributed by atoms with Crippen molar-refractivity contribution >= 4 is 35.6 Å². The van der Waals surface area contributed by atoms with E-state index in [4.69, 9.17) is 15.2 Å². The first-order chi connectivity index (χ1) is 13.2. The lowest BCUT2D eigenvalue weighted by atomic mass is 10.2. The average molecular weight is 490 g/mol. The summed E-state index contributed by atoms with van der Waals surface area (Å²) >= 11 is 0. The van der Waals surface area contributed by atoms with E-state index in [9.17, 15) is 0 Å². The van der Waals surface area contributed by atoms with Crippen molar-refractivity contribution in [2.75, 3.05) is 12.4 Å². The second-order valence-corrected chi connectivity index (χ2v) is 5.81. The molecule has 0 aliphatic heterocycles. The first-order valence-corrected chi connectivity index (χ1v) is 8.55. The van der Waals surface area contributed by atoms with Crippen molar-refractivity contribution in [3.05, 3.63) is 84.2 Å². The van der Waals surface area contributed by atoms with Crippen LogP contribution in [0.15, 0.2) is 77.9 Å². The SMILES string of the molecule is COc1ccc(NC(N)=NCc2cccc(OCc3ccccn3)c2)cc1.I. The lowest BCUT2D eigenvalue weighted by molar-refractivity contribution is 0.301. The number of anilines is 1. The van der Waals surface area contributed by atoms with Gasteiger partial charge in [-0.25, -0.2) is 4.99 Å². The van der Waals surface area contributed by atoms with Gasteiger partial charge in [0.15, 0.2) is 5.96 Å². The summed E-state index contributed by atoms with van der Waals surface area (Å²) in [6.07, 6.45) is 1.75. The van der Waals surface area contributed by atoms with Gasteiger partial charge >= 0.3 is 0 Å². The van der Waals surface area contributed by atoms with Gasteiger partial charge in [0.05, 0.1) is 19.3 Å². The number of nitrogens with one attached hydrogen (secondary N) is 1. The Morgan fingerprint density at radius 2 is 1.86 bits per heavy atom. The van der Waals surface area contributed by atoms with E-state index in [0.29, 0.717) is 19.1 Å². The molecule has 1 aromatic heterocycles. The van der Waals surface area contributed by atoms with Crippen molar-refractivity contribution in [3.8, 4) is 11.5 Å². The second-order valence-electron chi connectivity index (χ2n) is 5.81. The molecule has 3 N–H and O–H groups in total. The van der Waals surface area contributed by atoms with Gasteiger partial charge in [0, 0.05) is 11.9 Å². The number of halogens is 1. The highest BCUT2D eigenvalue weighted by Gasteiger charge is 2.00. The smallest absolute Gasteiger partial charge is 0.193 e. The van der Waals surface area contributed by atoms with Crippen molar-refractivity contribution in [1.82, 2.24) is 4.98 Å². The molecule has 0 spiro atoms. The summed E-state index contributed by atoms with van der Waals surface area (Å²) in [5.74, 6) is 1.91. The van der Waals surface area contributed by atoms with E-state index in [-0.39, 0.29) is 24.0 Å². The quantitative estimate of drug-likeness (QED) is 0.295. The van der Waals surface area contributed by atoms with E-state index in [1.165, 1.54) is 0 Å². The Morgan fingerprint density at radius 3 is 2.57 bits per heavy atom. The van der Waals surface area contributed by atoms with Gasteiger partial charge in [-0.2, -0.15) is 0 Å². The lowest BCUT2D eigenvalue weighted by Crippen LogP contribution is -2.22. The summed E-state index contributed by atoms with van der Waals surface area (Å²) in [6.45, 7) is 0.879. The number of pyridine rings is 1. The predicted molar refractivity (Wildman–Crippen MR) is 122 cm³/mol. The van der Waals surface area contributed by atoms with Crippen molar-refractivity contribution in [2.45, 2.75) is 13.2 Å². The molecule has 0 unspecified atom stereocenters. The number of nitrogens with zero attached hydrogens (tertiary/aromatic N) is 2. The summed E-state index contributed by atoms with van der Waals surface area (Å²) in [6, 6.07) is 21.0. The molecule has 6 nitrogen and oxygen atoms in total. The maximum Gasteiger partial charge on any atom is 0.193 e. The lowest BCUT2D eigenvalue weighted by Gasteiger charge is -2.08. The Bertz CT molecular complexity index is 886. The molecule has 0 bridgehead atoms. The molecule has 0 amide bonds. The molecule has 3 rings (SSSR count). The molecule has 0 saturated carbocycles. The maximum absolute atomic E-state index is 5.96. The number of nitrogens with two attached hydrogens (primary N) is 1. The van der Waals surface area contributed by atoms with Crippen LogP contribution in [0.3, 0.4) is 0 Å². The number of hydrogen-bond acceptors (Lipinski definition) is 4. The molecular weight excluding hydrogens is 467 g/mol. The Kier molecular flexibility index (Phi) is 8.54. The zero-order valence-corrected chi connectivity index (χ0v) is 17.9. The van der Waals surface area contributed by atoms with Crippen LogP contribution in [0.5, 0.6) is 11.5 Å². The minimum atomic E-state index is 0. The first kappa shape index (κ1) is 21.5. The van der Waals surface area contributed by atoms with Gasteiger partial charge in [-0.3, -0.25) is 4.98 Å². The van der Waals surface area contributed by atoms with E-state index in [2.05, 4.69) is 15.3 Å². The summed E-state index contributed by atoms with van der Waals surface area (Å²) in [7, 11) is 1.63. The van der Waals surface area contributed by atoms with Crippen LogP contribution >= 0.6 is 24.0 Å². The molecule has 146 valence electrons. The van der Waals surface area contributed by atoms with Crippen LogP contribution in [0.1, 0.15) is 11.3 Å². The van der Waals surface area contributed by atoms with Gasteiger partial charge in [-0.15, -0.1) is 24.0 Å². The predicted octanol–water partition coefficient (Wildman–Crippen LogP) is 4.21. The highest BCUT2D eigenvalue weighted by molar-refractivity contribution is 14.0. The zero-order valence-electron chi connectivity index (χ0n) is 15.5. The van der Waals surface area contributed by atoms with E-state index in [1.54, 1.807) is 13.3 Å². The van der Waals surface area contributed by atoms with E-state index in [0.717, 1.165) is 28.4 Å². The van der Waals surface area contributed by atoms with Gasteiger partial charge in [-0.1, -0.05) is 18.2 Å². The molecule has 0 radical (unpaired) electrons. The third-order valence-corrected chi connectivity index (χ3v) is 3.81. The summed E-state index contributed by atoms with van der Waals surface area (Å²) < 4.78 is 10.9. The molecule has 0 aliphatic rings. The van der Waals surface area contributed by atoms with E-state index >= 15 is 0 Å². The van der Waals surface area contributed by atoms with Crippen molar-refractivity contribution in [1.29, 1.82) is 0 Å². The van der Waals surface area contributed by atoms with Gasteiger partial charge in [-0.05, 0) is 54.1 Å². The van der Waals surface area contributed by atoms with E-state index in [1.807, 2.05) is 66.7 Å². The summed E-state index contributed by atoms with van der Waals surface area (Å²) in [5, 5.41) is 3.06. The standard InChI is InChI=1S/C21H22N4O2.HI/c1-26-19-10-8-17(9-11-19)25-21(22)24-14-16-5-4-7-20(13-16)27-15-18-6-2-3-12-23-18;/h2-13H,14-15H2,1H3,(H3,22,24,25);1H. The Morgan fingerprint density at radius 1 is 1.04 bits per heavy atom. The second kappa shape index (κ2) is 11.1. The van der Waals surface area contributed by atoms with E-state index < -0.39 is 0 Å². The van der Waals surface area contributed by atoms with Gasteiger partial charge in [0.1, 0.15) is 18.1 Å². The van der Waals surface area contributed by atoms with Crippen LogP contribution in [0.25, 0.3) is 0 Å². The van der Waals surface area contributed by atoms with Crippen LogP contribution < -0.4 is 20.5 Å². The summed E-state index contributed by atoms with van der Waals surface area (Å²) in [4.78, 5) is 8.62. The molecule has 1 heterocycles. The monoisotopic (exact) mass is 490 g/mol. The molecule has 3 aromatic rings. The van der Waals surface area contributed by atoms with Gasteiger partial charge in [0.2, 0.25) is 0 Å². The molecule has 0 atom stereocenters. The fourth-order valence-electron chi connectivity index (χ4n) is 2.41. The first-order valence-electron chi connectivity index (χ1n) is 8.55. The number of aromatic nitrogens is 1. The van der Waals surface area contributed by atoms with Crippen LogP contribution in [0, 0.1) is 0 Å². The topological polar surface area (TPSA) is 81.8 Å². The third kappa shape index (κ3) is 6.73. The Hall–Kier alpha value is -2.81. The number of methoxy groups -OCH3 is 1. The number of hydrogen-bond donors (Lipinski definition) is 2. The number of ether oxygens (including phenoxy) is 2. The molecular formula is C21H23IN4O2. The molecule has 28 heavy (non-hydrogen) atoms. The zero-order chi connectivity index (χ0) is 18.9. The Balaban J connectivity index is 0.00000280. The van der Waals surface area contributed by atoms with Crippen LogP contribution in [-0.2, 0) is 13.2 Å². The minimum Gasteiger partial charge on any atom is -0.497 e. The molecule has 7 heteroatoms. The van der Waals surface area contributed by atoms with Crippen molar-refractivity contribution < 1.29 is 9.47 Å². The van der Waals surface area contributed by atoms with Crippen molar-refractivity contribution in [2.24, 2.45) is 10.7 Å². The fraction of sp³-hybridized carbons (Fsp3) is 0.143. The molecule has 0 saturated heterocycles. The summed E-state index contributed by atoms with van der Waals surface area (Å²) in [5.41, 5.74) is 8.71. The minimum absolute atomic E-state index is 0.